The first-order chi connectivity index (χ1) is 10.0. The third-order valence-electron chi connectivity index (χ3n) is 3.06. The quantitative estimate of drug-likeness (QED) is 0.855. The summed E-state index contributed by atoms with van der Waals surface area (Å²) in [4.78, 5) is 0.199. The van der Waals surface area contributed by atoms with Crippen LogP contribution in [0.3, 0.4) is 0 Å². The van der Waals surface area contributed by atoms with Crippen molar-refractivity contribution >= 4 is 10.0 Å². The van der Waals surface area contributed by atoms with E-state index in [9.17, 15) is 12.8 Å². The Kier molecular flexibility index (Phi) is 5.06. The molecular formula is C15H17FN2O2S. The largest absolute Gasteiger partial charge is 0.326 e. The average molecular weight is 308 g/mol. The fourth-order valence-corrected chi connectivity index (χ4v) is 3.01. The normalized spacial score (nSPS) is 11.5. The average Bonchev–Trinajstić information content (AvgIpc) is 2.49. The lowest BCUT2D eigenvalue weighted by Crippen LogP contribution is -2.26. The first-order valence-corrected chi connectivity index (χ1v) is 8.03. The molecule has 0 aliphatic carbocycles. The second-order valence-corrected chi connectivity index (χ2v) is 6.39. The minimum atomic E-state index is -3.55. The predicted molar refractivity (Wildman–Crippen MR) is 79.6 cm³/mol. The molecule has 0 aliphatic heterocycles. The zero-order valence-corrected chi connectivity index (χ0v) is 12.2. The molecule has 0 saturated heterocycles. The molecule has 0 amide bonds. The molecule has 0 aliphatic rings. The molecule has 0 unspecified atom stereocenters. The summed E-state index contributed by atoms with van der Waals surface area (Å²) in [6.07, 6.45) is 0.496. The van der Waals surface area contributed by atoms with Gasteiger partial charge in [0.25, 0.3) is 0 Å². The second-order valence-electron chi connectivity index (χ2n) is 4.63. The highest BCUT2D eigenvalue weighted by Crippen LogP contribution is 2.11. The Labute approximate surface area is 123 Å². The van der Waals surface area contributed by atoms with Crippen molar-refractivity contribution < 1.29 is 12.8 Å². The molecule has 0 bridgehead atoms. The van der Waals surface area contributed by atoms with Gasteiger partial charge in [0.15, 0.2) is 0 Å². The molecule has 0 heterocycles. The van der Waals surface area contributed by atoms with E-state index in [0.717, 1.165) is 11.1 Å². The van der Waals surface area contributed by atoms with Crippen molar-refractivity contribution in [3.05, 3.63) is 65.5 Å². The molecule has 3 N–H and O–H groups in total. The molecule has 4 nitrogen and oxygen atoms in total. The number of halogens is 1. The van der Waals surface area contributed by atoms with Crippen LogP contribution >= 0.6 is 0 Å². The third-order valence-corrected chi connectivity index (χ3v) is 4.52. The monoisotopic (exact) mass is 308 g/mol. The van der Waals surface area contributed by atoms with Crippen molar-refractivity contribution in [3.8, 4) is 0 Å². The maximum absolute atomic E-state index is 12.8. The van der Waals surface area contributed by atoms with Gasteiger partial charge in [-0.1, -0.05) is 24.3 Å². The van der Waals surface area contributed by atoms with Crippen LogP contribution in [0.15, 0.2) is 53.4 Å². The van der Waals surface area contributed by atoms with Crippen LogP contribution in [0.4, 0.5) is 4.39 Å². The van der Waals surface area contributed by atoms with E-state index in [2.05, 4.69) is 4.72 Å². The van der Waals surface area contributed by atoms with Crippen molar-refractivity contribution in [2.24, 2.45) is 5.73 Å². The number of benzene rings is 2. The van der Waals surface area contributed by atoms with Crippen LogP contribution in [0, 0.1) is 5.82 Å². The smallest absolute Gasteiger partial charge is 0.240 e. The van der Waals surface area contributed by atoms with Gasteiger partial charge in [-0.2, -0.15) is 0 Å². The summed E-state index contributed by atoms with van der Waals surface area (Å²) in [6.45, 7) is 0.541. The van der Waals surface area contributed by atoms with E-state index in [4.69, 9.17) is 5.73 Å². The molecule has 0 aromatic heterocycles. The van der Waals surface area contributed by atoms with Gasteiger partial charge in [-0.25, -0.2) is 17.5 Å². The zero-order chi connectivity index (χ0) is 15.3. The summed E-state index contributed by atoms with van der Waals surface area (Å²) in [6, 6.07) is 12.5. The molecule has 0 atom stereocenters. The number of nitrogens with two attached hydrogens (primary N) is 1. The molecule has 2 rings (SSSR count). The van der Waals surface area contributed by atoms with Gasteiger partial charge in [0, 0.05) is 13.1 Å². The minimum absolute atomic E-state index is 0.199. The van der Waals surface area contributed by atoms with E-state index in [1.54, 1.807) is 30.3 Å². The van der Waals surface area contributed by atoms with Gasteiger partial charge >= 0.3 is 0 Å². The van der Waals surface area contributed by atoms with Crippen molar-refractivity contribution in [1.29, 1.82) is 0 Å². The molecule has 2 aromatic rings. The Bertz CT molecular complexity index is 700. The molecule has 112 valence electrons. The Morgan fingerprint density at radius 2 is 1.76 bits per heavy atom. The van der Waals surface area contributed by atoms with E-state index < -0.39 is 10.0 Å². The fraction of sp³-hybridized carbons (Fsp3) is 0.200. The van der Waals surface area contributed by atoms with Gasteiger partial charge < -0.3 is 5.73 Å². The summed E-state index contributed by atoms with van der Waals surface area (Å²) in [5.74, 6) is -0.307. The summed E-state index contributed by atoms with van der Waals surface area (Å²) in [5.41, 5.74) is 7.14. The minimum Gasteiger partial charge on any atom is -0.326 e. The van der Waals surface area contributed by atoms with Gasteiger partial charge in [-0.05, 0) is 41.8 Å². The van der Waals surface area contributed by atoms with Gasteiger partial charge in [-0.3, -0.25) is 0 Å². The highest BCUT2D eigenvalue weighted by atomic mass is 32.2. The lowest BCUT2D eigenvalue weighted by Gasteiger charge is -2.08. The van der Waals surface area contributed by atoms with Gasteiger partial charge in [0.1, 0.15) is 5.82 Å². The fourth-order valence-electron chi connectivity index (χ4n) is 1.90. The Hall–Kier alpha value is -1.76. The topological polar surface area (TPSA) is 72.2 Å². The molecule has 0 spiro atoms. The maximum Gasteiger partial charge on any atom is 0.240 e. The third kappa shape index (κ3) is 4.35. The van der Waals surface area contributed by atoms with Crippen LogP contribution in [-0.4, -0.2) is 15.0 Å². The number of hydrogen-bond acceptors (Lipinski definition) is 3. The van der Waals surface area contributed by atoms with E-state index in [0.29, 0.717) is 13.0 Å². The van der Waals surface area contributed by atoms with Crippen LogP contribution < -0.4 is 10.5 Å². The molecular weight excluding hydrogens is 291 g/mol. The Morgan fingerprint density at radius 1 is 1.05 bits per heavy atom. The molecule has 0 radical (unpaired) electrons. The highest BCUT2D eigenvalue weighted by Gasteiger charge is 2.13. The first-order valence-electron chi connectivity index (χ1n) is 6.54. The van der Waals surface area contributed by atoms with Crippen LogP contribution in [0.25, 0.3) is 0 Å². The number of sulfonamides is 1. The molecule has 0 saturated carbocycles. The van der Waals surface area contributed by atoms with Gasteiger partial charge in [0.2, 0.25) is 10.0 Å². The van der Waals surface area contributed by atoms with E-state index in [-0.39, 0.29) is 17.3 Å². The Morgan fingerprint density at radius 3 is 2.43 bits per heavy atom. The number of rotatable bonds is 6. The van der Waals surface area contributed by atoms with Gasteiger partial charge in [0.05, 0.1) is 4.90 Å². The summed E-state index contributed by atoms with van der Waals surface area (Å²) < 4.78 is 39.6. The van der Waals surface area contributed by atoms with Crippen LogP contribution in [0.1, 0.15) is 11.1 Å². The van der Waals surface area contributed by atoms with Crippen LogP contribution in [0.2, 0.25) is 0 Å². The van der Waals surface area contributed by atoms with E-state index >= 15 is 0 Å². The molecule has 6 heteroatoms. The summed E-state index contributed by atoms with van der Waals surface area (Å²) in [7, 11) is -3.55. The SMILES string of the molecule is NCc1cccc(S(=O)(=O)NCCc2ccc(F)cc2)c1. The molecule has 0 fully saturated rings. The predicted octanol–water partition coefficient (Wildman–Crippen LogP) is 1.81. The maximum atomic E-state index is 12.8. The zero-order valence-electron chi connectivity index (χ0n) is 11.4. The lowest BCUT2D eigenvalue weighted by atomic mass is 10.1. The van der Waals surface area contributed by atoms with Crippen LogP contribution in [0.5, 0.6) is 0 Å². The molecule has 21 heavy (non-hydrogen) atoms. The van der Waals surface area contributed by atoms with Crippen molar-refractivity contribution in [3.63, 3.8) is 0 Å². The van der Waals surface area contributed by atoms with E-state index in [1.165, 1.54) is 18.2 Å². The van der Waals surface area contributed by atoms with E-state index in [1.807, 2.05) is 0 Å². The standard InChI is InChI=1S/C15H17FN2O2S/c16-14-6-4-12(5-7-14)8-9-18-21(19,20)15-3-1-2-13(10-15)11-17/h1-7,10,18H,8-9,11,17H2. The van der Waals surface area contributed by atoms with Crippen molar-refractivity contribution in [1.82, 2.24) is 4.72 Å². The Balaban J connectivity index is 1.99. The summed E-state index contributed by atoms with van der Waals surface area (Å²) >= 11 is 0. The van der Waals surface area contributed by atoms with Crippen LogP contribution in [-0.2, 0) is 23.0 Å². The van der Waals surface area contributed by atoms with Crippen molar-refractivity contribution in [2.75, 3.05) is 6.54 Å². The first kappa shape index (κ1) is 15.6. The second kappa shape index (κ2) is 6.80. The lowest BCUT2D eigenvalue weighted by molar-refractivity contribution is 0.581. The van der Waals surface area contributed by atoms with Gasteiger partial charge in [-0.15, -0.1) is 0 Å². The van der Waals surface area contributed by atoms with Crippen molar-refractivity contribution in [2.45, 2.75) is 17.9 Å². The number of nitrogens with one attached hydrogen (secondary N) is 1. The summed E-state index contributed by atoms with van der Waals surface area (Å²) in [5, 5.41) is 0. The molecule has 2 aromatic carbocycles. The number of hydrogen-bond donors (Lipinski definition) is 2. The highest BCUT2D eigenvalue weighted by molar-refractivity contribution is 7.89.